The molecule has 6 nitrogen and oxygen atoms in total. The molecule has 3 rings (SSSR count). The van der Waals surface area contributed by atoms with Crippen LogP contribution in [0.5, 0.6) is 5.75 Å². The molecule has 1 aliphatic heterocycles. The molecule has 0 fully saturated rings. The summed E-state index contributed by atoms with van der Waals surface area (Å²) in [5.41, 5.74) is 7.64. The van der Waals surface area contributed by atoms with Crippen molar-refractivity contribution in [1.82, 2.24) is 4.57 Å². The van der Waals surface area contributed by atoms with Gasteiger partial charge in [0.25, 0.3) is 5.56 Å². The molecule has 2 N–H and O–H groups in total. The van der Waals surface area contributed by atoms with E-state index in [1.807, 2.05) is 19.9 Å². The summed E-state index contributed by atoms with van der Waals surface area (Å²) in [6, 6.07) is 6.72. The molecule has 0 radical (unpaired) electrons. The van der Waals surface area contributed by atoms with Gasteiger partial charge in [0.05, 0.1) is 18.1 Å². The normalized spacial score (nSPS) is 15.6. The Morgan fingerprint density at radius 3 is 2.57 bits per heavy atom. The smallest absolute Gasteiger partial charge is 0.340 e. The molecule has 1 unspecified atom stereocenters. The second kappa shape index (κ2) is 9.14. The Morgan fingerprint density at radius 1 is 1.23 bits per heavy atom. The fourth-order valence-corrected chi connectivity index (χ4v) is 4.30. The largest absolute Gasteiger partial charge is 0.462 e. The highest BCUT2D eigenvalue weighted by atomic mass is 35.5. The molecular weight excluding hydrogens is 427 g/mol. The summed E-state index contributed by atoms with van der Waals surface area (Å²) >= 11 is 12.5. The van der Waals surface area contributed by atoms with E-state index in [1.54, 1.807) is 29.7 Å². The number of fused-ring (bicyclic) bond motifs is 1. The summed E-state index contributed by atoms with van der Waals surface area (Å²) in [5, 5.41) is 0.755. The van der Waals surface area contributed by atoms with E-state index in [-0.39, 0.29) is 23.6 Å². The molecule has 1 aromatic heterocycles. The predicted octanol–water partition coefficient (Wildman–Crippen LogP) is 4.39. The molecular formula is C22H24Cl2N2O4. The van der Waals surface area contributed by atoms with Crippen LogP contribution in [0.1, 0.15) is 49.9 Å². The van der Waals surface area contributed by atoms with Gasteiger partial charge in [-0.15, -0.1) is 0 Å². The zero-order chi connectivity index (χ0) is 22.0. The van der Waals surface area contributed by atoms with Crippen LogP contribution in [0.4, 0.5) is 0 Å². The number of ether oxygens (including phenoxy) is 2. The van der Waals surface area contributed by atoms with Gasteiger partial charge in [0.2, 0.25) is 5.88 Å². The van der Waals surface area contributed by atoms with Crippen LogP contribution in [0, 0.1) is 0 Å². The summed E-state index contributed by atoms with van der Waals surface area (Å²) in [6.07, 6.45) is 1.57. The molecule has 0 bridgehead atoms. The molecule has 1 atom stereocenters. The van der Waals surface area contributed by atoms with Crippen molar-refractivity contribution < 1.29 is 14.3 Å². The van der Waals surface area contributed by atoms with Crippen LogP contribution in [-0.4, -0.2) is 17.1 Å². The first-order valence-corrected chi connectivity index (χ1v) is 10.7. The van der Waals surface area contributed by atoms with Crippen molar-refractivity contribution in [3.8, 4) is 5.75 Å². The third-order valence-corrected chi connectivity index (χ3v) is 5.60. The van der Waals surface area contributed by atoms with Crippen molar-refractivity contribution in [3.05, 3.63) is 72.9 Å². The first-order valence-electron chi connectivity index (χ1n) is 9.90. The van der Waals surface area contributed by atoms with Crippen LogP contribution in [-0.2, 0) is 22.5 Å². The van der Waals surface area contributed by atoms with E-state index in [1.165, 1.54) is 0 Å². The van der Waals surface area contributed by atoms with Gasteiger partial charge in [-0.05, 0) is 38.0 Å². The van der Waals surface area contributed by atoms with Crippen molar-refractivity contribution in [2.24, 2.45) is 5.73 Å². The van der Waals surface area contributed by atoms with Gasteiger partial charge in [-0.25, -0.2) is 4.79 Å². The molecule has 8 heteroatoms. The fourth-order valence-electron chi connectivity index (χ4n) is 3.78. The van der Waals surface area contributed by atoms with Gasteiger partial charge in [-0.2, -0.15) is 0 Å². The van der Waals surface area contributed by atoms with Crippen molar-refractivity contribution in [2.75, 3.05) is 6.61 Å². The molecule has 0 spiro atoms. The van der Waals surface area contributed by atoms with Crippen molar-refractivity contribution in [1.29, 1.82) is 0 Å². The highest BCUT2D eigenvalue weighted by molar-refractivity contribution is 6.35. The minimum absolute atomic E-state index is 0.0524. The average Bonchev–Trinajstić information content (AvgIpc) is 2.68. The first-order chi connectivity index (χ1) is 14.3. The van der Waals surface area contributed by atoms with E-state index in [2.05, 4.69) is 0 Å². The van der Waals surface area contributed by atoms with Gasteiger partial charge in [0.15, 0.2) is 0 Å². The van der Waals surface area contributed by atoms with Crippen LogP contribution >= 0.6 is 23.2 Å². The number of esters is 1. The van der Waals surface area contributed by atoms with Gasteiger partial charge >= 0.3 is 5.97 Å². The van der Waals surface area contributed by atoms with Crippen LogP contribution < -0.4 is 16.0 Å². The zero-order valence-electron chi connectivity index (χ0n) is 17.1. The number of rotatable bonds is 6. The fraction of sp³-hybridized carbons (Fsp3) is 0.364. The van der Waals surface area contributed by atoms with Gasteiger partial charge in [0.1, 0.15) is 11.3 Å². The third-order valence-electron chi connectivity index (χ3n) is 5.04. The highest BCUT2D eigenvalue weighted by Crippen LogP contribution is 2.44. The summed E-state index contributed by atoms with van der Waals surface area (Å²) in [6.45, 7) is 6.26. The molecule has 0 saturated carbocycles. The standard InChI is InChI=1S/C22H24Cl2N2O4/c1-4-7-13-11-16-18(21(27)26(13)5-2)17(14-9-8-12(23)10-15(14)24)19(20(25)30-16)22(28)29-6-3/h8-11,17H,4-7,25H2,1-3H3. The SMILES string of the molecule is CCCc1cc2c(c(=O)n1CC)C(c1ccc(Cl)cc1Cl)C(C(=O)OCC)=C(N)O2. The van der Waals surface area contributed by atoms with Crippen LogP contribution in [0.3, 0.4) is 0 Å². The predicted molar refractivity (Wildman–Crippen MR) is 117 cm³/mol. The van der Waals surface area contributed by atoms with Crippen LogP contribution in [0.2, 0.25) is 10.0 Å². The maximum atomic E-state index is 13.5. The Labute approximate surface area is 185 Å². The number of nitrogens with zero attached hydrogens (tertiary/aromatic N) is 1. The lowest BCUT2D eigenvalue weighted by Gasteiger charge is -2.29. The lowest BCUT2D eigenvalue weighted by molar-refractivity contribution is -0.139. The van der Waals surface area contributed by atoms with E-state index in [9.17, 15) is 9.59 Å². The summed E-state index contributed by atoms with van der Waals surface area (Å²) < 4.78 is 12.7. The Morgan fingerprint density at radius 2 is 1.97 bits per heavy atom. The van der Waals surface area contributed by atoms with E-state index in [4.69, 9.17) is 38.4 Å². The topological polar surface area (TPSA) is 83.5 Å². The monoisotopic (exact) mass is 450 g/mol. The Kier molecular flexibility index (Phi) is 6.78. The highest BCUT2D eigenvalue weighted by Gasteiger charge is 2.39. The number of hydrogen-bond donors (Lipinski definition) is 1. The molecule has 0 aliphatic carbocycles. The summed E-state index contributed by atoms with van der Waals surface area (Å²) in [5.74, 6) is -1.27. The Balaban J connectivity index is 2.35. The molecule has 2 heterocycles. The van der Waals surface area contributed by atoms with Gasteiger partial charge in [-0.1, -0.05) is 42.6 Å². The first kappa shape index (κ1) is 22.2. The molecule has 0 saturated heterocycles. The Bertz CT molecular complexity index is 1080. The van der Waals surface area contributed by atoms with E-state index < -0.39 is 11.9 Å². The number of carbonyl (C=O) groups is 1. The quantitative estimate of drug-likeness (QED) is 0.659. The molecule has 0 amide bonds. The van der Waals surface area contributed by atoms with E-state index in [0.717, 1.165) is 12.1 Å². The molecule has 160 valence electrons. The third kappa shape index (κ3) is 3.94. The number of hydrogen-bond acceptors (Lipinski definition) is 5. The second-order valence-electron chi connectivity index (χ2n) is 6.91. The minimum atomic E-state index is -0.835. The molecule has 30 heavy (non-hydrogen) atoms. The molecule has 2 aromatic rings. The number of aryl methyl sites for hydroxylation is 1. The van der Waals surface area contributed by atoms with Crippen LogP contribution in [0.25, 0.3) is 0 Å². The van der Waals surface area contributed by atoms with Crippen LogP contribution in [0.15, 0.2) is 40.5 Å². The zero-order valence-corrected chi connectivity index (χ0v) is 18.6. The number of halogens is 2. The second-order valence-corrected chi connectivity index (χ2v) is 7.76. The number of carbonyl (C=O) groups excluding carboxylic acids is 1. The lowest BCUT2D eigenvalue weighted by Crippen LogP contribution is -2.35. The number of aromatic nitrogens is 1. The van der Waals surface area contributed by atoms with E-state index in [0.29, 0.717) is 39.9 Å². The molecule has 1 aromatic carbocycles. The number of pyridine rings is 1. The summed E-state index contributed by atoms with van der Waals surface area (Å²) in [4.78, 5) is 26.3. The maximum Gasteiger partial charge on any atom is 0.340 e. The van der Waals surface area contributed by atoms with Gasteiger partial charge in [-0.3, -0.25) is 4.79 Å². The number of benzene rings is 1. The maximum absolute atomic E-state index is 13.5. The van der Waals surface area contributed by atoms with Crippen molar-refractivity contribution in [2.45, 2.75) is 46.1 Å². The number of nitrogens with two attached hydrogens (primary N) is 1. The molecule has 1 aliphatic rings. The van der Waals surface area contributed by atoms with Gasteiger partial charge < -0.3 is 19.8 Å². The van der Waals surface area contributed by atoms with Gasteiger partial charge in [0, 0.05) is 28.4 Å². The lowest BCUT2D eigenvalue weighted by atomic mass is 9.83. The van der Waals surface area contributed by atoms with Crippen molar-refractivity contribution in [3.63, 3.8) is 0 Å². The summed E-state index contributed by atoms with van der Waals surface area (Å²) in [7, 11) is 0. The average molecular weight is 451 g/mol. The Hall–Kier alpha value is -2.44. The van der Waals surface area contributed by atoms with E-state index >= 15 is 0 Å². The van der Waals surface area contributed by atoms with Crippen molar-refractivity contribution >= 4 is 29.2 Å². The minimum Gasteiger partial charge on any atom is -0.462 e.